The normalized spacial score (nSPS) is 19.0. The lowest BCUT2D eigenvalue weighted by molar-refractivity contribution is -0.268. The molecule has 1 saturated heterocycles. The minimum absolute atomic E-state index is 0.0370. The first-order valence-corrected chi connectivity index (χ1v) is 20.3. The topological polar surface area (TPSA) is 102 Å². The van der Waals surface area contributed by atoms with Crippen LogP contribution in [0.15, 0.2) is 167 Å². The van der Waals surface area contributed by atoms with Crippen molar-refractivity contribution in [3.05, 3.63) is 191 Å². The van der Waals surface area contributed by atoms with Crippen LogP contribution in [-0.2, 0) is 22.6 Å². The molecule has 1 fully saturated rings. The van der Waals surface area contributed by atoms with E-state index in [2.05, 4.69) is 13.0 Å². The lowest BCUT2D eigenvalue weighted by Crippen LogP contribution is -2.38. The number of benzene rings is 6. The summed E-state index contributed by atoms with van der Waals surface area (Å²) in [7, 11) is 0. The van der Waals surface area contributed by atoms with E-state index in [1.165, 1.54) is 16.7 Å². The number of aliphatic hydroxyl groups excluding tert-OH is 1. The largest absolute Gasteiger partial charge is 0.431 e. The van der Waals surface area contributed by atoms with Crippen LogP contribution in [0.2, 0.25) is 0 Å². The van der Waals surface area contributed by atoms with Gasteiger partial charge in [0.2, 0.25) is 0 Å². The van der Waals surface area contributed by atoms with Gasteiger partial charge in [-0.05, 0) is 52.1 Å². The average Bonchev–Trinajstić information content (AvgIpc) is 3.82. The van der Waals surface area contributed by atoms with E-state index in [9.17, 15) is 14.7 Å². The number of imide groups is 1. The Morgan fingerprint density at radius 3 is 1.95 bits per heavy atom. The monoisotopic (exact) mass is 784 g/mol. The van der Waals surface area contributed by atoms with Crippen molar-refractivity contribution in [1.29, 1.82) is 0 Å². The van der Waals surface area contributed by atoms with Crippen molar-refractivity contribution in [2.45, 2.75) is 43.8 Å². The SMILES string of the molecule is C[C@H]1[C@@H](CSc2nc(-c3ccccc3)c(-c3ccccc3)o2)O[C@@H](c2cccc(-c3cccc(CN4C(=O)c5ccccc5C4=O)c3)c2)O[C@H]1c1ccc(CO)cc1. The molecule has 1 aromatic heterocycles. The summed E-state index contributed by atoms with van der Waals surface area (Å²) >= 11 is 1.52. The van der Waals surface area contributed by atoms with Crippen LogP contribution in [0, 0.1) is 5.92 Å². The molecule has 58 heavy (non-hydrogen) atoms. The van der Waals surface area contributed by atoms with Gasteiger partial charge in [-0.3, -0.25) is 14.5 Å². The molecule has 0 saturated carbocycles. The Morgan fingerprint density at radius 1 is 0.638 bits per heavy atom. The van der Waals surface area contributed by atoms with Gasteiger partial charge in [-0.2, -0.15) is 0 Å². The highest BCUT2D eigenvalue weighted by Crippen LogP contribution is 2.44. The number of nitrogens with zero attached hydrogens (tertiary/aromatic N) is 2. The molecule has 7 aromatic rings. The molecule has 1 N–H and O–H groups in total. The summed E-state index contributed by atoms with van der Waals surface area (Å²) in [6, 6.07) is 51.0. The van der Waals surface area contributed by atoms with Gasteiger partial charge in [0.1, 0.15) is 5.69 Å². The maximum Gasteiger partial charge on any atom is 0.261 e. The summed E-state index contributed by atoms with van der Waals surface area (Å²) in [5.41, 5.74) is 9.02. The van der Waals surface area contributed by atoms with E-state index >= 15 is 0 Å². The molecule has 288 valence electrons. The fraction of sp³-hybridized carbons (Fsp3) is 0.163. The molecule has 8 nitrogen and oxygen atoms in total. The molecular weight excluding hydrogens is 745 g/mol. The molecule has 9 rings (SSSR count). The van der Waals surface area contributed by atoms with E-state index in [0.29, 0.717) is 22.1 Å². The van der Waals surface area contributed by atoms with Crippen molar-refractivity contribution in [3.8, 4) is 33.7 Å². The summed E-state index contributed by atoms with van der Waals surface area (Å²) in [4.78, 5) is 32.5. The lowest BCUT2D eigenvalue weighted by atomic mass is 9.91. The number of oxazole rings is 1. The molecular formula is C49H40N2O6S. The zero-order valence-electron chi connectivity index (χ0n) is 31.7. The number of carbonyl (C=O) groups is 2. The fourth-order valence-corrected chi connectivity index (χ4v) is 8.67. The zero-order chi connectivity index (χ0) is 39.6. The Hall–Kier alpha value is -6.10. The zero-order valence-corrected chi connectivity index (χ0v) is 32.5. The van der Waals surface area contributed by atoms with Crippen molar-refractivity contribution in [2.24, 2.45) is 5.92 Å². The quantitative estimate of drug-likeness (QED) is 0.102. The number of ether oxygens (including phenoxy) is 2. The second-order valence-electron chi connectivity index (χ2n) is 14.6. The van der Waals surface area contributed by atoms with Gasteiger partial charge >= 0.3 is 0 Å². The first-order chi connectivity index (χ1) is 28.4. The van der Waals surface area contributed by atoms with Gasteiger partial charge in [-0.15, -0.1) is 0 Å². The maximum atomic E-state index is 13.1. The van der Waals surface area contributed by atoms with Gasteiger partial charge in [0.25, 0.3) is 17.0 Å². The highest BCUT2D eigenvalue weighted by atomic mass is 32.2. The van der Waals surface area contributed by atoms with Crippen molar-refractivity contribution >= 4 is 23.6 Å². The van der Waals surface area contributed by atoms with E-state index in [1.807, 2.05) is 127 Å². The molecule has 2 aliphatic heterocycles. The van der Waals surface area contributed by atoms with E-state index in [-0.39, 0.29) is 43.1 Å². The maximum absolute atomic E-state index is 13.1. The highest BCUT2D eigenvalue weighted by Gasteiger charge is 2.39. The number of amides is 2. The molecule has 0 radical (unpaired) electrons. The molecule has 3 heterocycles. The number of rotatable bonds is 11. The second kappa shape index (κ2) is 16.4. The lowest BCUT2D eigenvalue weighted by Gasteiger charge is -2.41. The molecule has 6 aromatic carbocycles. The molecule has 2 aliphatic rings. The molecule has 9 heteroatoms. The molecule has 0 bridgehead atoms. The third kappa shape index (κ3) is 7.53. The van der Waals surface area contributed by atoms with Crippen LogP contribution in [0.5, 0.6) is 0 Å². The van der Waals surface area contributed by atoms with Gasteiger partial charge < -0.3 is 19.0 Å². The first kappa shape index (κ1) is 37.5. The molecule has 0 unspecified atom stereocenters. The molecule has 0 spiro atoms. The van der Waals surface area contributed by atoms with Gasteiger partial charge in [-0.25, -0.2) is 4.98 Å². The predicted molar refractivity (Wildman–Crippen MR) is 224 cm³/mol. The average molecular weight is 785 g/mol. The van der Waals surface area contributed by atoms with Crippen LogP contribution in [0.4, 0.5) is 0 Å². The van der Waals surface area contributed by atoms with Crippen molar-refractivity contribution in [1.82, 2.24) is 9.88 Å². The molecule has 2 amide bonds. The Bertz CT molecular complexity index is 2480. The fourth-order valence-electron chi connectivity index (χ4n) is 7.68. The third-order valence-electron chi connectivity index (χ3n) is 10.8. The number of hydrogen-bond donors (Lipinski definition) is 1. The summed E-state index contributed by atoms with van der Waals surface area (Å²) in [5.74, 6) is 0.688. The third-order valence-corrected chi connectivity index (χ3v) is 11.7. The standard InChI is InChI=1S/C49H40N2O6S/c1-31-42(30-58-49-50-43(34-13-4-2-5-14-34)45(57-49)35-15-6-3-7-16-35)55-48(56-44(31)36-24-22-32(29-52)23-25-36)39-19-11-18-38(27-39)37-17-10-12-33(26-37)28-51-46(53)40-20-8-9-21-41(40)47(51)54/h2-27,31,42,44,48,52H,28-30H2,1H3/t31-,42+,44+,48+/m0/s1. The minimum Gasteiger partial charge on any atom is -0.431 e. The van der Waals surface area contributed by atoms with E-state index in [1.54, 1.807) is 24.3 Å². The second-order valence-corrected chi connectivity index (χ2v) is 15.6. The van der Waals surface area contributed by atoms with Crippen LogP contribution in [0.3, 0.4) is 0 Å². The van der Waals surface area contributed by atoms with Crippen LogP contribution in [-0.4, -0.2) is 38.7 Å². The van der Waals surface area contributed by atoms with Crippen molar-refractivity contribution < 1.29 is 28.6 Å². The first-order valence-electron chi connectivity index (χ1n) is 19.3. The van der Waals surface area contributed by atoms with E-state index in [0.717, 1.165) is 56.0 Å². The molecule has 4 atom stereocenters. The number of aromatic nitrogens is 1. The van der Waals surface area contributed by atoms with Crippen LogP contribution >= 0.6 is 11.8 Å². The predicted octanol–water partition coefficient (Wildman–Crippen LogP) is 10.5. The number of thioether (sulfide) groups is 1. The van der Waals surface area contributed by atoms with Gasteiger partial charge in [-0.1, -0.05) is 152 Å². The summed E-state index contributed by atoms with van der Waals surface area (Å²) < 4.78 is 20.1. The summed E-state index contributed by atoms with van der Waals surface area (Å²) in [5, 5.41) is 10.3. The Labute approximate surface area is 341 Å². The van der Waals surface area contributed by atoms with Gasteiger partial charge in [0, 0.05) is 28.4 Å². The Balaban J connectivity index is 0.985. The number of fused-ring (bicyclic) bond motifs is 1. The van der Waals surface area contributed by atoms with E-state index < -0.39 is 6.29 Å². The summed E-state index contributed by atoms with van der Waals surface area (Å²) in [6.45, 7) is 2.28. The summed E-state index contributed by atoms with van der Waals surface area (Å²) in [6.07, 6.45) is -1.23. The Morgan fingerprint density at radius 2 is 1.26 bits per heavy atom. The van der Waals surface area contributed by atoms with Crippen LogP contribution in [0.1, 0.15) is 62.3 Å². The van der Waals surface area contributed by atoms with Gasteiger partial charge in [0.15, 0.2) is 12.1 Å². The Kier molecular flexibility index (Phi) is 10.6. The smallest absolute Gasteiger partial charge is 0.261 e. The highest BCUT2D eigenvalue weighted by molar-refractivity contribution is 7.99. The van der Waals surface area contributed by atoms with Crippen molar-refractivity contribution in [3.63, 3.8) is 0 Å². The molecule has 0 aliphatic carbocycles. The number of hydrogen-bond acceptors (Lipinski definition) is 8. The number of aliphatic hydroxyl groups is 1. The number of carbonyl (C=O) groups excluding carboxylic acids is 2. The minimum atomic E-state index is -0.685. The van der Waals surface area contributed by atoms with Crippen LogP contribution in [0.25, 0.3) is 33.7 Å². The van der Waals surface area contributed by atoms with E-state index in [4.69, 9.17) is 18.9 Å². The van der Waals surface area contributed by atoms with Crippen molar-refractivity contribution in [2.75, 3.05) is 5.75 Å². The van der Waals surface area contributed by atoms with Crippen LogP contribution < -0.4 is 0 Å². The van der Waals surface area contributed by atoms with Gasteiger partial charge in [0.05, 0.1) is 36.5 Å².